The highest BCUT2D eigenvalue weighted by molar-refractivity contribution is 6.74. The summed E-state index contributed by atoms with van der Waals surface area (Å²) < 4.78 is 33.7. The molecule has 4 atom stereocenters. The van der Waals surface area contributed by atoms with Gasteiger partial charge >= 0.3 is 17.9 Å². The Morgan fingerprint density at radius 2 is 1.56 bits per heavy atom. The second-order valence-electron chi connectivity index (χ2n) is 12.0. The Balaban J connectivity index is 3.74. The Morgan fingerprint density at radius 1 is 0.974 bits per heavy atom. The van der Waals surface area contributed by atoms with Crippen LogP contribution in [0.1, 0.15) is 80.1 Å². The molecule has 1 aliphatic heterocycles. The zero-order valence-corrected chi connectivity index (χ0v) is 26.7. The Morgan fingerprint density at radius 3 is 2.05 bits per heavy atom. The summed E-state index contributed by atoms with van der Waals surface area (Å²) in [6, 6.07) is 0. The SMILES string of the molecule is CCCCCCC[C@H](O[Si](C)(C)C(C)(C)C)[C@@H]1OC(C)(C)O[C@H]1[C@](O)(C(=O)OC)/C(=C/C(=O)OC)C(=O)OC. The molecule has 0 amide bonds. The van der Waals surface area contributed by atoms with Gasteiger partial charge in [0.1, 0.15) is 12.2 Å². The largest absolute Gasteiger partial charge is 0.467 e. The lowest BCUT2D eigenvalue weighted by Crippen LogP contribution is -2.60. The number of methoxy groups -OCH3 is 3. The molecule has 0 aromatic carbocycles. The topological polar surface area (TPSA) is 127 Å². The van der Waals surface area contributed by atoms with Crippen LogP contribution in [0.15, 0.2) is 11.6 Å². The minimum atomic E-state index is -2.77. The number of carbonyl (C=O) groups is 3. The van der Waals surface area contributed by atoms with E-state index in [9.17, 15) is 19.5 Å². The maximum absolute atomic E-state index is 13.3. The lowest BCUT2D eigenvalue weighted by molar-refractivity contribution is -0.187. The van der Waals surface area contributed by atoms with Crippen LogP contribution in [0.2, 0.25) is 18.1 Å². The van der Waals surface area contributed by atoms with Gasteiger partial charge in [-0.3, -0.25) is 0 Å². The lowest BCUT2D eigenvalue weighted by atomic mass is 9.82. The quantitative estimate of drug-likeness (QED) is 0.105. The third-order valence-corrected chi connectivity index (χ3v) is 12.0. The molecule has 10 nitrogen and oxygen atoms in total. The van der Waals surface area contributed by atoms with Crippen LogP contribution >= 0.6 is 0 Å². The van der Waals surface area contributed by atoms with Crippen LogP contribution in [0, 0.1) is 0 Å². The van der Waals surface area contributed by atoms with Crippen LogP contribution in [0.3, 0.4) is 0 Å². The summed E-state index contributed by atoms with van der Waals surface area (Å²) in [7, 11) is 0.853. The first-order valence-corrected chi connectivity index (χ1v) is 16.5. The van der Waals surface area contributed by atoms with Crippen LogP contribution in [0.25, 0.3) is 0 Å². The number of hydrogen-bond acceptors (Lipinski definition) is 10. The summed E-state index contributed by atoms with van der Waals surface area (Å²) in [4.78, 5) is 38.4. The van der Waals surface area contributed by atoms with E-state index in [1.807, 2.05) is 0 Å². The third-order valence-electron chi connectivity index (χ3n) is 7.53. The zero-order chi connectivity index (χ0) is 30.2. The summed E-state index contributed by atoms with van der Waals surface area (Å²) in [5.74, 6) is -4.58. The molecule has 0 unspecified atom stereocenters. The molecule has 39 heavy (non-hydrogen) atoms. The van der Waals surface area contributed by atoms with E-state index in [0.717, 1.165) is 53.4 Å². The molecule has 0 saturated carbocycles. The van der Waals surface area contributed by atoms with E-state index in [2.05, 4.69) is 45.5 Å². The number of rotatable bonds is 14. The molecule has 11 heteroatoms. The van der Waals surface area contributed by atoms with Crippen molar-refractivity contribution < 1.29 is 47.6 Å². The molecule has 0 aromatic rings. The van der Waals surface area contributed by atoms with Gasteiger partial charge in [-0.15, -0.1) is 0 Å². The molecular formula is C28H50O10Si. The first kappa shape index (κ1) is 35.2. The van der Waals surface area contributed by atoms with Crippen molar-refractivity contribution in [2.75, 3.05) is 21.3 Å². The van der Waals surface area contributed by atoms with Gasteiger partial charge in [0, 0.05) is 6.08 Å². The van der Waals surface area contributed by atoms with Crippen molar-refractivity contribution in [2.24, 2.45) is 0 Å². The van der Waals surface area contributed by atoms with E-state index >= 15 is 0 Å². The van der Waals surface area contributed by atoms with Gasteiger partial charge in [0.25, 0.3) is 0 Å². The molecule has 1 N–H and O–H groups in total. The summed E-state index contributed by atoms with van der Waals surface area (Å²) in [6.45, 7) is 16.0. The molecule has 226 valence electrons. The first-order valence-electron chi connectivity index (χ1n) is 13.6. The monoisotopic (exact) mass is 574 g/mol. The summed E-state index contributed by atoms with van der Waals surface area (Å²) in [6.07, 6.45) is 3.33. The highest BCUT2D eigenvalue weighted by atomic mass is 28.4. The van der Waals surface area contributed by atoms with Gasteiger partial charge in [-0.05, 0) is 38.4 Å². The van der Waals surface area contributed by atoms with E-state index in [4.69, 9.17) is 23.4 Å². The molecule has 0 aromatic heterocycles. The van der Waals surface area contributed by atoms with Crippen LogP contribution in [0.5, 0.6) is 0 Å². The van der Waals surface area contributed by atoms with Crippen molar-refractivity contribution in [1.29, 1.82) is 0 Å². The van der Waals surface area contributed by atoms with Crippen LogP contribution in [0.4, 0.5) is 0 Å². The normalized spacial score (nSPS) is 22.1. The predicted molar refractivity (Wildman–Crippen MR) is 148 cm³/mol. The highest BCUT2D eigenvalue weighted by Gasteiger charge is 2.63. The fourth-order valence-electron chi connectivity index (χ4n) is 4.32. The van der Waals surface area contributed by atoms with Crippen molar-refractivity contribution in [3.05, 3.63) is 11.6 Å². The van der Waals surface area contributed by atoms with E-state index in [1.54, 1.807) is 13.8 Å². The lowest BCUT2D eigenvalue weighted by Gasteiger charge is -2.42. The second-order valence-corrected chi connectivity index (χ2v) is 16.7. The maximum atomic E-state index is 13.3. The Kier molecular flexibility index (Phi) is 12.8. The molecular weight excluding hydrogens is 524 g/mol. The highest BCUT2D eigenvalue weighted by Crippen LogP contribution is 2.44. The minimum Gasteiger partial charge on any atom is -0.467 e. The van der Waals surface area contributed by atoms with Gasteiger partial charge < -0.3 is 33.2 Å². The Labute approximate surface area is 234 Å². The fourth-order valence-corrected chi connectivity index (χ4v) is 5.69. The first-order chi connectivity index (χ1) is 17.9. The molecule has 1 heterocycles. The molecule has 1 aliphatic rings. The molecule has 1 saturated heterocycles. The Bertz CT molecular complexity index is 876. The number of ether oxygens (including phenoxy) is 5. The average molecular weight is 575 g/mol. The number of aliphatic hydroxyl groups is 1. The van der Waals surface area contributed by atoms with E-state index in [-0.39, 0.29) is 5.04 Å². The summed E-state index contributed by atoms with van der Waals surface area (Å²) in [5.41, 5.74) is -3.46. The molecule has 0 aliphatic carbocycles. The van der Waals surface area contributed by atoms with Crippen molar-refractivity contribution in [2.45, 2.75) is 128 Å². The van der Waals surface area contributed by atoms with Crippen LogP contribution in [-0.2, 0) is 42.5 Å². The van der Waals surface area contributed by atoms with Crippen molar-refractivity contribution in [1.82, 2.24) is 0 Å². The second kappa shape index (κ2) is 14.2. The maximum Gasteiger partial charge on any atom is 0.345 e. The Hall–Kier alpha value is -1.79. The average Bonchev–Trinajstić information content (AvgIpc) is 3.19. The van der Waals surface area contributed by atoms with Gasteiger partial charge in [-0.2, -0.15) is 0 Å². The fraction of sp³-hybridized carbons (Fsp3) is 0.821. The molecule has 1 fully saturated rings. The van der Waals surface area contributed by atoms with Crippen LogP contribution in [-0.4, -0.2) is 82.4 Å². The molecule has 0 radical (unpaired) electrons. The van der Waals surface area contributed by atoms with Crippen molar-refractivity contribution in [3.8, 4) is 0 Å². The van der Waals surface area contributed by atoms with Gasteiger partial charge in [0.15, 0.2) is 14.1 Å². The van der Waals surface area contributed by atoms with Crippen molar-refractivity contribution >= 4 is 26.2 Å². The minimum absolute atomic E-state index is 0.140. The number of carbonyl (C=O) groups excluding carboxylic acids is 3. The van der Waals surface area contributed by atoms with E-state index in [1.165, 1.54) is 0 Å². The smallest absolute Gasteiger partial charge is 0.345 e. The van der Waals surface area contributed by atoms with Crippen molar-refractivity contribution in [3.63, 3.8) is 0 Å². The zero-order valence-electron chi connectivity index (χ0n) is 25.7. The number of esters is 3. The molecule has 1 rings (SSSR count). The van der Waals surface area contributed by atoms with Gasteiger partial charge in [-0.1, -0.05) is 59.8 Å². The van der Waals surface area contributed by atoms with Gasteiger partial charge in [-0.25, -0.2) is 14.4 Å². The van der Waals surface area contributed by atoms with E-state index in [0.29, 0.717) is 12.5 Å². The van der Waals surface area contributed by atoms with Crippen LogP contribution < -0.4 is 0 Å². The number of unbranched alkanes of at least 4 members (excludes halogenated alkanes) is 4. The predicted octanol–water partition coefficient (Wildman–Crippen LogP) is 4.43. The molecule has 0 spiro atoms. The number of hydrogen-bond donors (Lipinski definition) is 1. The van der Waals surface area contributed by atoms with Gasteiger partial charge in [0.05, 0.1) is 33.0 Å². The summed E-state index contributed by atoms with van der Waals surface area (Å²) >= 11 is 0. The standard InChI is InChI=1S/C28H50O10Si/c1-12-13-14-15-16-17-20(38-39(10,11)26(2,3)4)22-23(37-27(5,6)36-22)28(32,25(31)35-9)19(24(30)34-8)18-21(29)33-7/h18,20,22-23,32H,12-17H2,1-11H3/b19-18+/t20-,22-,23+,28-/m0/s1. The summed E-state index contributed by atoms with van der Waals surface area (Å²) in [5, 5.41) is 11.9. The van der Waals surface area contributed by atoms with E-state index < -0.39 is 61.5 Å². The molecule has 0 bridgehead atoms. The third kappa shape index (κ3) is 8.85. The van der Waals surface area contributed by atoms with Gasteiger partial charge in [0.2, 0.25) is 5.60 Å².